The van der Waals surface area contributed by atoms with Gasteiger partial charge in [-0.05, 0) is 61.6 Å². The maximum atomic E-state index is 13.3. The molecule has 0 aliphatic rings. The molecule has 1 aromatic heterocycles. The van der Waals surface area contributed by atoms with Crippen LogP contribution in [0.4, 0.5) is 5.69 Å². The molecule has 0 amide bonds. The van der Waals surface area contributed by atoms with Crippen molar-refractivity contribution >= 4 is 58.2 Å². The fourth-order valence-corrected chi connectivity index (χ4v) is 6.49. The van der Waals surface area contributed by atoms with Crippen LogP contribution in [-0.2, 0) is 21.0 Å². The molecule has 1 unspecified atom stereocenters. The van der Waals surface area contributed by atoms with E-state index in [2.05, 4.69) is 9.44 Å². The van der Waals surface area contributed by atoms with Crippen molar-refractivity contribution in [1.29, 1.82) is 0 Å². The lowest BCUT2D eigenvalue weighted by Crippen LogP contribution is -2.13. The van der Waals surface area contributed by atoms with Gasteiger partial charge < -0.3 is 9.47 Å². The summed E-state index contributed by atoms with van der Waals surface area (Å²) in [5, 5.41) is 1.24. The van der Waals surface area contributed by atoms with Crippen LogP contribution in [0.1, 0.15) is 0 Å². The molecule has 1 heterocycles. The van der Waals surface area contributed by atoms with E-state index in [0.29, 0.717) is 37.6 Å². The number of thiophene rings is 1. The Labute approximate surface area is 186 Å². The lowest BCUT2D eigenvalue weighted by atomic mass is 10.1. The van der Waals surface area contributed by atoms with E-state index in [9.17, 15) is 12.6 Å². The Morgan fingerprint density at radius 2 is 1.71 bits per heavy atom. The van der Waals surface area contributed by atoms with E-state index in [1.165, 1.54) is 17.4 Å². The van der Waals surface area contributed by atoms with Crippen LogP contribution in [0, 0.1) is 0 Å². The monoisotopic (exact) mass is 476 g/mol. The Bertz CT molecular complexity index is 1400. The van der Waals surface area contributed by atoms with Crippen molar-refractivity contribution < 1.29 is 22.1 Å². The smallest absolute Gasteiger partial charge is 0.262 e. The molecule has 162 valence electrons. The summed E-state index contributed by atoms with van der Waals surface area (Å²) in [6.45, 7) is 0. The number of ether oxygens (including phenoxy) is 2. The molecule has 0 saturated carbocycles. The summed E-state index contributed by atoms with van der Waals surface area (Å²) in [6.07, 6.45) is 0. The average molecular weight is 477 g/mol. The molecule has 0 aliphatic carbocycles. The quantitative estimate of drug-likeness (QED) is 0.419. The minimum absolute atomic E-state index is 0.123. The molecule has 31 heavy (non-hydrogen) atoms. The summed E-state index contributed by atoms with van der Waals surface area (Å²) in [5.74, 6) is 1.21. The number of anilines is 1. The highest BCUT2D eigenvalue weighted by Crippen LogP contribution is 2.43. The number of hydrogen-bond acceptors (Lipinski definition) is 6. The van der Waals surface area contributed by atoms with Crippen LogP contribution in [0.3, 0.4) is 0 Å². The van der Waals surface area contributed by atoms with Crippen LogP contribution in [0.15, 0.2) is 64.4 Å². The van der Waals surface area contributed by atoms with Crippen molar-refractivity contribution in [2.45, 2.75) is 9.79 Å². The number of rotatable bonds is 7. The average Bonchev–Trinajstić information content (AvgIpc) is 3.16. The number of nitrogens with one attached hydrogen (secondary N) is 2. The maximum Gasteiger partial charge on any atom is 0.262 e. The largest absolute Gasteiger partial charge is 0.497 e. The van der Waals surface area contributed by atoms with E-state index < -0.39 is 21.0 Å². The molecule has 0 spiro atoms. The zero-order chi connectivity index (χ0) is 22.2. The second kappa shape index (κ2) is 8.46. The van der Waals surface area contributed by atoms with Gasteiger partial charge in [-0.25, -0.2) is 17.3 Å². The van der Waals surface area contributed by atoms with Crippen molar-refractivity contribution in [3.63, 3.8) is 0 Å². The third kappa shape index (κ3) is 3.99. The fourth-order valence-electron chi connectivity index (χ4n) is 3.29. The first-order valence-electron chi connectivity index (χ1n) is 9.17. The molecule has 0 bridgehead atoms. The zero-order valence-electron chi connectivity index (χ0n) is 17.0. The van der Waals surface area contributed by atoms with Crippen molar-refractivity contribution in [2.75, 3.05) is 26.0 Å². The molecule has 2 N–H and O–H groups in total. The van der Waals surface area contributed by atoms with E-state index in [4.69, 9.17) is 9.47 Å². The number of hydrogen-bond donors (Lipinski definition) is 2. The van der Waals surface area contributed by atoms with Gasteiger partial charge in [-0.1, -0.05) is 0 Å². The fraction of sp³-hybridized carbons (Fsp3) is 0.143. The van der Waals surface area contributed by atoms with E-state index >= 15 is 0 Å². The van der Waals surface area contributed by atoms with Gasteiger partial charge >= 0.3 is 0 Å². The van der Waals surface area contributed by atoms with E-state index in [0.717, 1.165) is 4.70 Å². The van der Waals surface area contributed by atoms with Gasteiger partial charge in [0.1, 0.15) is 22.5 Å². The lowest BCUT2D eigenvalue weighted by molar-refractivity contribution is 0.415. The molecule has 0 fully saturated rings. The Balaban J connectivity index is 1.92. The van der Waals surface area contributed by atoms with E-state index in [1.807, 2.05) is 6.07 Å². The van der Waals surface area contributed by atoms with Gasteiger partial charge in [-0.2, -0.15) is 0 Å². The first kappa shape index (κ1) is 21.6. The summed E-state index contributed by atoms with van der Waals surface area (Å²) in [5.41, 5.74) is 0.418. The Kier molecular flexibility index (Phi) is 5.89. The summed E-state index contributed by atoms with van der Waals surface area (Å²) in [4.78, 5) is 0.682. The van der Waals surface area contributed by atoms with Gasteiger partial charge in [0.05, 0.1) is 28.7 Å². The number of benzene rings is 3. The highest BCUT2D eigenvalue weighted by Gasteiger charge is 2.23. The van der Waals surface area contributed by atoms with Crippen molar-refractivity contribution in [2.24, 2.45) is 0 Å². The normalized spacial score (nSPS) is 12.7. The Morgan fingerprint density at radius 1 is 0.968 bits per heavy atom. The predicted molar refractivity (Wildman–Crippen MR) is 125 cm³/mol. The van der Waals surface area contributed by atoms with Crippen LogP contribution in [-0.4, -0.2) is 33.9 Å². The van der Waals surface area contributed by atoms with Crippen molar-refractivity contribution in [3.8, 4) is 11.5 Å². The minimum Gasteiger partial charge on any atom is -0.497 e. The van der Waals surface area contributed by atoms with Gasteiger partial charge in [0.2, 0.25) is 0 Å². The number of methoxy groups -OCH3 is 2. The standard InChI is InChI=1S/C21H20N2O5S3/c1-22-30(24)15-8-10-18-16(12-15)20-19(11-9-17(28-3)21(20)29-18)31(25,26)23-13-4-6-14(27-2)7-5-13/h4-12,22-23H,1-3H3. The van der Waals surface area contributed by atoms with Gasteiger partial charge in [-0.3, -0.25) is 4.72 Å². The summed E-state index contributed by atoms with van der Waals surface area (Å²) in [6, 6.07) is 15.2. The number of sulfonamides is 1. The van der Waals surface area contributed by atoms with Gasteiger partial charge in [0.25, 0.3) is 10.0 Å². The molecule has 3 aromatic carbocycles. The highest BCUT2D eigenvalue weighted by atomic mass is 32.2. The zero-order valence-corrected chi connectivity index (χ0v) is 19.4. The highest BCUT2D eigenvalue weighted by molar-refractivity contribution is 7.93. The van der Waals surface area contributed by atoms with Gasteiger partial charge in [0, 0.05) is 21.2 Å². The third-order valence-corrected chi connectivity index (χ3v) is 8.43. The van der Waals surface area contributed by atoms with Crippen molar-refractivity contribution in [3.05, 3.63) is 54.6 Å². The second-order valence-electron chi connectivity index (χ2n) is 6.54. The first-order valence-corrected chi connectivity index (χ1v) is 12.6. The van der Waals surface area contributed by atoms with Crippen LogP contribution >= 0.6 is 11.3 Å². The first-order chi connectivity index (χ1) is 14.9. The van der Waals surface area contributed by atoms with E-state index in [1.54, 1.807) is 63.7 Å². The van der Waals surface area contributed by atoms with Crippen molar-refractivity contribution in [1.82, 2.24) is 4.72 Å². The molecule has 0 radical (unpaired) electrons. The molecule has 7 nitrogen and oxygen atoms in total. The van der Waals surface area contributed by atoms with Crippen LogP contribution < -0.4 is 18.9 Å². The number of fused-ring (bicyclic) bond motifs is 3. The maximum absolute atomic E-state index is 13.3. The molecular weight excluding hydrogens is 456 g/mol. The summed E-state index contributed by atoms with van der Waals surface area (Å²) >= 11 is 1.43. The van der Waals surface area contributed by atoms with Gasteiger partial charge in [-0.15, -0.1) is 11.3 Å². The van der Waals surface area contributed by atoms with Crippen LogP contribution in [0.2, 0.25) is 0 Å². The summed E-state index contributed by atoms with van der Waals surface area (Å²) < 4.78 is 56.4. The topological polar surface area (TPSA) is 93.7 Å². The molecule has 0 saturated heterocycles. The van der Waals surface area contributed by atoms with E-state index in [-0.39, 0.29) is 4.90 Å². The molecule has 4 aromatic rings. The molecule has 10 heteroatoms. The molecule has 0 aliphatic heterocycles. The summed E-state index contributed by atoms with van der Waals surface area (Å²) in [7, 11) is -0.619. The molecule has 1 atom stereocenters. The van der Waals surface area contributed by atoms with Crippen LogP contribution in [0.25, 0.3) is 20.2 Å². The lowest BCUT2D eigenvalue weighted by Gasteiger charge is -2.12. The second-order valence-corrected chi connectivity index (χ2v) is 10.7. The van der Waals surface area contributed by atoms with Gasteiger partial charge in [0.15, 0.2) is 0 Å². The third-order valence-electron chi connectivity index (χ3n) is 4.77. The molecular formula is C21H20N2O5S3. The Morgan fingerprint density at radius 3 is 2.35 bits per heavy atom. The SMILES string of the molecule is CNS(=O)c1ccc2sc3c(OC)ccc(S(=O)(=O)Nc4ccc(OC)cc4)c3c2c1. The minimum atomic E-state index is -3.92. The predicted octanol–water partition coefficient (Wildman–Crippen LogP) is 4.11. The van der Waals surface area contributed by atoms with Crippen LogP contribution in [0.5, 0.6) is 11.5 Å². The Hall–Kier alpha value is -2.66. The molecule has 4 rings (SSSR count).